The van der Waals surface area contributed by atoms with Crippen LogP contribution < -0.4 is 5.32 Å². The number of hydrogen-bond donors (Lipinski definition) is 1. The quantitative estimate of drug-likeness (QED) is 0.777. The molecule has 0 saturated heterocycles. The molecule has 1 N–H and O–H groups in total. The lowest BCUT2D eigenvalue weighted by atomic mass is 10.0. The van der Waals surface area contributed by atoms with E-state index in [1.54, 1.807) is 6.07 Å². The van der Waals surface area contributed by atoms with Crippen LogP contribution in [0.3, 0.4) is 0 Å². The average Bonchev–Trinajstić information content (AvgIpc) is 2.25. The maximum absolute atomic E-state index is 6.12. The molecule has 0 aliphatic carbocycles. The lowest BCUT2D eigenvalue weighted by molar-refractivity contribution is 0.451. The van der Waals surface area contributed by atoms with Gasteiger partial charge >= 0.3 is 0 Å². The average molecular weight is 274 g/mol. The van der Waals surface area contributed by atoms with Crippen LogP contribution in [0.1, 0.15) is 39.2 Å². The molecule has 0 heterocycles. The van der Waals surface area contributed by atoms with E-state index in [1.807, 2.05) is 12.1 Å². The fraction of sp³-hybridized carbons (Fsp3) is 0.571. The Labute approximate surface area is 115 Å². The van der Waals surface area contributed by atoms with Crippen molar-refractivity contribution in [2.24, 2.45) is 5.92 Å². The van der Waals surface area contributed by atoms with Crippen LogP contribution in [0.15, 0.2) is 18.2 Å². The number of hydrogen-bond acceptors (Lipinski definition) is 1. The minimum Gasteiger partial charge on any atom is -0.310 e. The predicted molar refractivity (Wildman–Crippen MR) is 76.8 cm³/mol. The third-order valence-electron chi connectivity index (χ3n) is 2.83. The van der Waals surface area contributed by atoms with Gasteiger partial charge in [0.1, 0.15) is 0 Å². The van der Waals surface area contributed by atoms with Gasteiger partial charge in [0.15, 0.2) is 0 Å². The highest BCUT2D eigenvalue weighted by Crippen LogP contribution is 2.21. The lowest BCUT2D eigenvalue weighted by Crippen LogP contribution is -2.25. The van der Waals surface area contributed by atoms with Crippen molar-refractivity contribution in [1.82, 2.24) is 5.32 Å². The molecule has 0 amide bonds. The van der Waals surface area contributed by atoms with Gasteiger partial charge in [0.25, 0.3) is 0 Å². The highest BCUT2D eigenvalue weighted by atomic mass is 35.5. The largest absolute Gasteiger partial charge is 0.310 e. The van der Waals surface area contributed by atoms with Gasteiger partial charge in [0.05, 0.1) is 0 Å². The van der Waals surface area contributed by atoms with Gasteiger partial charge in [0, 0.05) is 22.6 Å². The summed E-state index contributed by atoms with van der Waals surface area (Å²) in [5.41, 5.74) is 1.10. The van der Waals surface area contributed by atoms with Crippen LogP contribution in [-0.2, 0) is 6.54 Å². The first-order valence-corrected chi connectivity index (χ1v) is 6.92. The van der Waals surface area contributed by atoms with Gasteiger partial charge in [-0.05, 0) is 43.4 Å². The summed E-state index contributed by atoms with van der Waals surface area (Å²) in [5.74, 6) is 0.762. The van der Waals surface area contributed by atoms with E-state index in [4.69, 9.17) is 23.2 Å². The van der Waals surface area contributed by atoms with E-state index in [-0.39, 0.29) is 0 Å². The maximum Gasteiger partial charge on any atom is 0.0465 e. The van der Waals surface area contributed by atoms with Crippen LogP contribution in [0.25, 0.3) is 0 Å². The van der Waals surface area contributed by atoms with Crippen LogP contribution in [0.2, 0.25) is 10.0 Å². The van der Waals surface area contributed by atoms with E-state index >= 15 is 0 Å². The van der Waals surface area contributed by atoms with E-state index < -0.39 is 0 Å². The zero-order valence-electron chi connectivity index (χ0n) is 10.8. The van der Waals surface area contributed by atoms with Crippen molar-refractivity contribution in [3.05, 3.63) is 33.8 Å². The summed E-state index contributed by atoms with van der Waals surface area (Å²) >= 11 is 12.0. The molecule has 0 aliphatic rings. The standard InChI is InChI=1S/C14H21Cl2N/c1-10(2)4-5-11(3)17-9-12-6-7-13(15)8-14(12)16/h6-8,10-11,17H,4-5,9H2,1-3H3. The molecule has 1 unspecified atom stereocenters. The second kappa shape index (κ2) is 7.25. The van der Waals surface area contributed by atoms with Gasteiger partial charge in [-0.1, -0.05) is 43.1 Å². The Morgan fingerprint density at radius 1 is 1.12 bits per heavy atom. The number of benzene rings is 1. The van der Waals surface area contributed by atoms with Crippen molar-refractivity contribution in [3.63, 3.8) is 0 Å². The molecular weight excluding hydrogens is 253 g/mol. The van der Waals surface area contributed by atoms with Gasteiger partial charge in [-0.3, -0.25) is 0 Å². The van der Waals surface area contributed by atoms with E-state index in [0.717, 1.165) is 23.0 Å². The molecule has 17 heavy (non-hydrogen) atoms. The van der Waals surface area contributed by atoms with E-state index in [9.17, 15) is 0 Å². The van der Waals surface area contributed by atoms with Crippen LogP contribution in [0.5, 0.6) is 0 Å². The van der Waals surface area contributed by atoms with Gasteiger partial charge in [-0.25, -0.2) is 0 Å². The summed E-state index contributed by atoms with van der Waals surface area (Å²) in [4.78, 5) is 0. The third kappa shape index (κ3) is 5.76. The van der Waals surface area contributed by atoms with Crippen LogP contribution >= 0.6 is 23.2 Å². The third-order valence-corrected chi connectivity index (χ3v) is 3.42. The minimum absolute atomic E-state index is 0.518. The van der Waals surface area contributed by atoms with E-state index in [2.05, 4.69) is 26.1 Å². The Morgan fingerprint density at radius 2 is 1.82 bits per heavy atom. The first-order chi connectivity index (χ1) is 7.99. The SMILES string of the molecule is CC(C)CCC(C)NCc1ccc(Cl)cc1Cl. The molecule has 1 aromatic carbocycles. The van der Waals surface area contributed by atoms with Crippen LogP contribution in [-0.4, -0.2) is 6.04 Å². The molecular formula is C14H21Cl2N. The summed E-state index contributed by atoms with van der Waals surface area (Å²) in [7, 11) is 0. The summed E-state index contributed by atoms with van der Waals surface area (Å²) in [5, 5.41) is 4.91. The molecule has 0 aliphatic heterocycles. The molecule has 0 radical (unpaired) electrons. The summed E-state index contributed by atoms with van der Waals surface area (Å²) in [6.07, 6.45) is 2.45. The number of halogens is 2. The topological polar surface area (TPSA) is 12.0 Å². The number of nitrogens with one attached hydrogen (secondary N) is 1. The van der Waals surface area contributed by atoms with Gasteiger partial charge < -0.3 is 5.32 Å². The Kier molecular flexibility index (Phi) is 6.32. The van der Waals surface area contributed by atoms with Crippen molar-refractivity contribution < 1.29 is 0 Å². The first-order valence-electron chi connectivity index (χ1n) is 6.16. The van der Waals surface area contributed by atoms with Crippen molar-refractivity contribution in [3.8, 4) is 0 Å². The lowest BCUT2D eigenvalue weighted by Gasteiger charge is -2.15. The monoisotopic (exact) mass is 273 g/mol. The van der Waals surface area contributed by atoms with E-state index in [0.29, 0.717) is 11.1 Å². The molecule has 1 rings (SSSR count). The fourth-order valence-corrected chi connectivity index (χ4v) is 2.11. The zero-order chi connectivity index (χ0) is 12.8. The smallest absolute Gasteiger partial charge is 0.0465 e. The molecule has 3 heteroatoms. The number of rotatable bonds is 6. The van der Waals surface area contributed by atoms with Crippen LogP contribution in [0, 0.1) is 5.92 Å². The Bertz CT molecular complexity index is 350. The van der Waals surface area contributed by atoms with Gasteiger partial charge in [0.2, 0.25) is 0 Å². The molecule has 1 atom stereocenters. The zero-order valence-corrected chi connectivity index (χ0v) is 12.3. The highest BCUT2D eigenvalue weighted by Gasteiger charge is 2.05. The minimum atomic E-state index is 0.518. The van der Waals surface area contributed by atoms with E-state index in [1.165, 1.54) is 12.8 Å². The molecule has 0 aromatic heterocycles. The molecule has 0 fully saturated rings. The summed E-state index contributed by atoms with van der Waals surface area (Å²) in [6.45, 7) is 7.52. The summed E-state index contributed by atoms with van der Waals surface area (Å²) < 4.78 is 0. The predicted octanol–water partition coefficient (Wildman–Crippen LogP) is 4.91. The normalized spacial score (nSPS) is 13.1. The molecule has 0 spiro atoms. The van der Waals surface area contributed by atoms with Crippen LogP contribution in [0.4, 0.5) is 0 Å². The molecule has 1 aromatic rings. The highest BCUT2D eigenvalue weighted by molar-refractivity contribution is 6.35. The Balaban J connectivity index is 2.39. The second-order valence-electron chi connectivity index (χ2n) is 4.99. The first kappa shape index (κ1) is 14.8. The Hall–Kier alpha value is -0.240. The molecule has 96 valence electrons. The van der Waals surface area contributed by atoms with Crippen molar-refractivity contribution in [2.45, 2.75) is 46.2 Å². The fourth-order valence-electron chi connectivity index (χ4n) is 1.63. The molecule has 1 nitrogen and oxygen atoms in total. The second-order valence-corrected chi connectivity index (χ2v) is 5.83. The van der Waals surface area contributed by atoms with Gasteiger partial charge in [-0.2, -0.15) is 0 Å². The summed E-state index contributed by atoms with van der Waals surface area (Å²) in [6, 6.07) is 6.17. The van der Waals surface area contributed by atoms with Crippen molar-refractivity contribution >= 4 is 23.2 Å². The van der Waals surface area contributed by atoms with Crippen molar-refractivity contribution in [1.29, 1.82) is 0 Å². The van der Waals surface area contributed by atoms with Crippen molar-refractivity contribution in [2.75, 3.05) is 0 Å². The van der Waals surface area contributed by atoms with Gasteiger partial charge in [-0.15, -0.1) is 0 Å². The molecule has 0 bridgehead atoms. The Morgan fingerprint density at radius 3 is 2.41 bits per heavy atom. The maximum atomic E-state index is 6.12. The molecule has 0 saturated carbocycles.